The van der Waals surface area contributed by atoms with E-state index in [4.69, 9.17) is 10.8 Å². The minimum absolute atomic E-state index is 0.403. The molecular formula is C17H16N2O3. The van der Waals surface area contributed by atoms with Crippen molar-refractivity contribution in [3.8, 4) is 0 Å². The average molecular weight is 296 g/mol. The molecule has 2 amide bonds. The molecule has 0 saturated heterocycles. The van der Waals surface area contributed by atoms with Gasteiger partial charge in [-0.1, -0.05) is 30.3 Å². The van der Waals surface area contributed by atoms with Gasteiger partial charge in [0.1, 0.15) is 0 Å². The van der Waals surface area contributed by atoms with E-state index in [1.165, 1.54) is 4.90 Å². The molecule has 1 heterocycles. The third-order valence-corrected chi connectivity index (χ3v) is 3.99. The molecule has 1 aliphatic rings. The number of carboxylic acid groups (broad SMARTS) is 1. The van der Waals surface area contributed by atoms with E-state index in [9.17, 15) is 9.59 Å². The predicted octanol–water partition coefficient (Wildman–Crippen LogP) is 2.71. The number of hydrogen-bond donors (Lipinski definition) is 2. The van der Waals surface area contributed by atoms with E-state index < -0.39 is 12.0 Å². The molecule has 2 aromatic carbocycles. The minimum atomic E-state index is -0.890. The monoisotopic (exact) mass is 296 g/mol. The van der Waals surface area contributed by atoms with Crippen LogP contribution in [0.1, 0.15) is 22.3 Å². The number of carbonyl (C=O) groups excluding carboxylic acids is 1. The van der Waals surface area contributed by atoms with Crippen molar-refractivity contribution < 1.29 is 14.7 Å². The molecule has 0 unspecified atom stereocenters. The van der Waals surface area contributed by atoms with Crippen LogP contribution in [-0.2, 0) is 0 Å². The molecule has 22 heavy (non-hydrogen) atoms. The van der Waals surface area contributed by atoms with Gasteiger partial charge in [-0.15, -0.1) is 0 Å². The predicted molar refractivity (Wildman–Crippen MR) is 84.7 cm³/mol. The lowest BCUT2D eigenvalue weighted by molar-refractivity contribution is 0.100. The number of fused-ring (bicyclic) bond motifs is 1. The summed E-state index contributed by atoms with van der Waals surface area (Å²) in [6.45, 7) is 0.900. The molecule has 3 N–H and O–H groups in total. The maximum atomic E-state index is 11.3. The van der Waals surface area contributed by atoms with Crippen molar-refractivity contribution in [2.45, 2.75) is 6.42 Å². The fourth-order valence-corrected chi connectivity index (χ4v) is 2.80. The van der Waals surface area contributed by atoms with Crippen LogP contribution in [0.2, 0.25) is 0 Å². The summed E-state index contributed by atoms with van der Waals surface area (Å²) in [7, 11) is 0. The van der Waals surface area contributed by atoms with Gasteiger partial charge in [-0.3, -0.25) is 4.79 Å². The third kappa shape index (κ3) is 2.53. The van der Waals surface area contributed by atoms with Crippen molar-refractivity contribution in [1.29, 1.82) is 0 Å². The van der Waals surface area contributed by atoms with Gasteiger partial charge < -0.3 is 15.7 Å². The van der Waals surface area contributed by atoms with Gasteiger partial charge >= 0.3 is 6.09 Å². The Bertz CT molecular complexity index is 796. The molecular weight excluding hydrogens is 280 g/mol. The number of hydrogen-bond acceptors (Lipinski definition) is 2. The molecule has 1 aliphatic heterocycles. The van der Waals surface area contributed by atoms with Crippen LogP contribution < -0.4 is 5.73 Å². The Hall–Kier alpha value is -2.82. The fourth-order valence-electron chi connectivity index (χ4n) is 2.80. The second-order valence-corrected chi connectivity index (χ2v) is 5.31. The summed E-state index contributed by atoms with van der Waals surface area (Å²) >= 11 is 0. The number of nitrogens with zero attached hydrogens (tertiary/aromatic N) is 1. The molecule has 2 aromatic rings. The molecule has 0 saturated carbocycles. The Morgan fingerprint density at radius 2 is 2.00 bits per heavy atom. The van der Waals surface area contributed by atoms with E-state index in [2.05, 4.69) is 0 Å². The largest absolute Gasteiger partial charge is 0.465 e. The van der Waals surface area contributed by atoms with Crippen LogP contribution >= 0.6 is 0 Å². The zero-order valence-corrected chi connectivity index (χ0v) is 12.0. The van der Waals surface area contributed by atoms with Crippen molar-refractivity contribution in [3.63, 3.8) is 0 Å². The number of nitrogens with two attached hydrogens (primary N) is 1. The second-order valence-electron chi connectivity index (χ2n) is 5.31. The van der Waals surface area contributed by atoms with Crippen LogP contribution in [0.4, 0.5) is 4.79 Å². The van der Waals surface area contributed by atoms with Gasteiger partial charge in [-0.25, -0.2) is 4.79 Å². The summed E-state index contributed by atoms with van der Waals surface area (Å²) in [6.07, 6.45) is 1.75. The molecule has 112 valence electrons. The summed E-state index contributed by atoms with van der Waals surface area (Å²) < 4.78 is 0. The van der Waals surface area contributed by atoms with Crippen LogP contribution in [0.5, 0.6) is 0 Å². The van der Waals surface area contributed by atoms with E-state index >= 15 is 0 Å². The Morgan fingerprint density at radius 1 is 1.18 bits per heavy atom. The zero-order valence-electron chi connectivity index (χ0n) is 12.0. The Kier molecular flexibility index (Phi) is 3.55. The number of benzene rings is 2. The van der Waals surface area contributed by atoms with Gasteiger partial charge in [0.2, 0.25) is 5.91 Å². The summed E-state index contributed by atoms with van der Waals surface area (Å²) in [5.41, 5.74) is 8.02. The van der Waals surface area contributed by atoms with Gasteiger partial charge in [0, 0.05) is 18.7 Å². The minimum Gasteiger partial charge on any atom is -0.465 e. The smallest absolute Gasteiger partial charge is 0.407 e. The van der Waals surface area contributed by atoms with Crippen LogP contribution in [0.3, 0.4) is 0 Å². The van der Waals surface area contributed by atoms with Crippen LogP contribution in [0.25, 0.3) is 16.3 Å². The zero-order chi connectivity index (χ0) is 15.7. The van der Waals surface area contributed by atoms with Gasteiger partial charge in [0.15, 0.2) is 0 Å². The first-order valence-electron chi connectivity index (χ1n) is 7.06. The summed E-state index contributed by atoms with van der Waals surface area (Å²) in [5, 5.41) is 11.0. The highest BCUT2D eigenvalue weighted by molar-refractivity contribution is 6.00. The van der Waals surface area contributed by atoms with Gasteiger partial charge in [-0.05, 0) is 40.5 Å². The first-order chi connectivity index (χ1) is 10.6. The Labute approximate surface area is 127 Å². The molecule has 0 bridgehead atoms. The van der Waals surface area contributed by atoms with E-state index in [1.54, 1.807) is 12.1 Å². The first kappa shape index (κ1) is 14.1. The topological polar surface area (TPSA) is 83.6 Å². The van der Waals surface area contributed by atoms with E-state index in [1.807, 2.05) is 30.3 Å². The molecule has 0 aromatic heterocycles. The number of primary amides is 1. The molecule has 5 nitrogen and oxygen atoms in total. The quantitative estimate of drug-likeness (QED) is 0.893. The molecule has 0 fully saturated rings. The van der Waals surface area contributed by atoms with Crippen LogP contribution in [-0.4, -0.2) is 35.1 Å². The highest BCUT2D eigenvalue weighted by Gasteiger charge is 2.17. The lowest BCUT2D eigenvalue weighted by atomic mass is 9.93. The second kappa shape index (κ2) is 5.52. The molecule has 5 heteroatoms. The normalized spacial score (nSPS) is 14.7. The van der Waals surface area contributed by atoms with Crippen LogP contribution in [0, 0.1) is 0 Å². The SMILES string of the molecule is NC(=O)c1ccc2c(C3=CCN(C(=O)O)CC3)cccc2c1. The Morgan fingerprint density at radius 3 is 2.64 bits per heavy atom. The average Bonchev–Trinajstić information content (AvgIpc) is 2.53. The molecule has 0 radical (unpaired) electrons. The van der Waals surface area contributed by atoms with Crippen molar-refractivity contribution in [2.75, 3.05) is 13.1 Å². The van der Waals surface area contributed by atoms with Gasteiger partial charge in [0.25, 0.3) is 0 Å². The number of amides is 2. The van der Waals surface area contributed by atoms with Crippen LogP contribution in [0.15, 0.2) is 42.5 Å². The lowest BCUT2D eigenvalue weighted by Crippen LogP contribution is -2.33. The molecule has 0 atom stereocenters. The summed E-state index contributed by atoms with van der Waals surface area (Å²) in [5.74, 6) is -0.443. The lowest BCUT2D eigenvalue weighted by Gasteiger charge is -2.24. The maximum absolute atomic E-state index is 11.3. The number of rotatable bonds is 2. The third-order valence-electron chi connectivity index (χ3n) is 3.99. The van der Waals surface area contributed by atoms with Gasteiger partial charge in [0.05, 0.1) is 0 Å². The fraction of sp³-hybridized carbons (Fsp3) is 0.176. The van der Waals surface area contributed by atoms with E-state index in [0.717, 1.165) is 21.9 Å². The van der Waals surface area contributed by atoms with Crippen molar-refractivity contribution in [3.05, 3.63) is 53.6 Å². The highest BCUT2D eigenvalue weighted by atomic mass is 16.4. The summed E-state index contributed by atoms with van der Waals surface area (Å²) in [4.78, 5) is 23.6. The molecule has 3 rings (SSSR count). The van der Waals surface area contributed by atoms with Crippen molar-refractivity contribution >= 4 is 28.3 Å². The first-order valence-corrected chi connectivity index (χ1v) is 7.06. The standard InChI is InChI=1S/C17H16N2O3/c18-16(20)13-4-5-15-12(10-13)2-1-3-14(15)11-6-8-19(9-7-11)17(21)22/h1-6,10H,7-9H2,(H2,18,20)(H,21,22). The highest BCUT2D eigenvalue weighted by Crippen LogP contribution is 2.29. The van der Waals surface area contributed by atoms with E-state index in [0.29, 0.717) is 25.1 Å². The summed E-state index contributed by atoms with van der Waals surface area (Å²) in [6, 6.07) is 11.3. The molecule has 0 spiro atoms. The Balaban J connectivity index is 2.01. The van der Waals surface area contributed by atoms with Crippen molar-refractivity contribution in [1.82, 2.24) is 4.90 Å². The maximum Gasteiger partial charge on any atom is 0.407 e. The van der Waals surface area contributed by atoms with Gasteiger partial charge in [-0.2, -0.15) is 0 Å². The van der Waals surface area contributed by atoms with Crippen molar-refractivity contribution in [2.24, 2.45) is 5.73 Å². The molecule has 0 aliphatic carbocycles. The van der Waals surface area contributed by atoms with E-state index in [-0.39, 0.29) is 0 Å². The number of carbonyl (C=O) groups is 2.